The second-order valence-corrected chi connectivity index (χ2v) is 10.1. The minimum atomic E-state index is -2.06. The second-order valence-electron chi connectivity index (χ2n) is 7.35. The van der Waals surface area contributed by atoms with E-state index >= 15 is 0 Å². The maximum Gasteiger partial charge on any atom is 0.128 e. The van der Waals surface area contributed by atoms with Crippen LogP contribution in [0.25, 0.3) is 27.8 Å². The molecule has 0 aromatic carbocycles. The van der Waals surface area contributed by atoms with Crippen molar-refractivity contribution in [2.45, 2.75) is 0 Å². The summed E-state index contributed by atoms with van der Waals surface area (Å²) in [6, 6.07) is 8.22. The molecule has 9 nitrogen and oxygen atoms in total. The lowest BCUT2D eigenvalue weighted by atomic mass is 10.0. The Labute approximate surface area is 179 Å². The summed E-state index contributed by atoms with van der Waals surface area (Å²) < 4.78 is 18.2. The first-order valence-electron chi connectivity index (χ1n) is 9.83. The topological polar surface area (TPSA) is 115 Å². The molecule has 0 unspecified atom stereocenters. The first-order chi connectivity index (χ1) is 15.1. The third kappa shape index (κ3) is 3.43. The van der Waals surface area contributed by atoms with Gasteiger partial charge in [0.1, 0.15) is 11.9 Å². The zero-order valence-corrected chi connectivity index (χ0v) is 17.7. The predicted molar refractivity (Wildman–Crippen MR) is 119 cm³/mol. The van der Waals surface area contributed by atoms with E-state index in [9.17, 15) is 9.47 Å². The molecule has 1 aliphatic rings. The number of nitriles is 1. The summed E-state index contributed by atoms with van der Waals surface area (Å²) in [5, 5.41) is 20.8. The van der Waals surface area contributed by atoms with E-state index in [-0.39, 0.29) is 0 Å². The molecule has 5 rings (SSSR count). The Morgan fingerprint density at radius 3 is 2.65 bits per heavy atom. The Bertz CT molecular complexity index is 1390. The van der Waals surface area contributed by atoms with Crippen LogP contribution in [-0.4, -0.2) is 60.6 Å². The van der Waals surface area contributed by atoms with Gasteiger partial charge in [-0.25, -0.2) is 18.1 Å². The zero-order chi connectivity index (χ0) is 21.4. The van der Waals surface area contributed by atoms with Crippen molar-refractivity contribution in [3.8, 4) is 28.3 Å². The van der Waals surface area contributed by atoms with Gasteiger partial charge in [0.05, 0.1) is 23.5 Å². The van der Waals surface area contributed by atoms with Crippen LogP contribution in [0.4, 0.5) is 5.82 Å². The molecule has 10 heteroatoms. The predicted octanol–water partition coefficient (Wildman–Crippen LogP) is 2.58. The molecule has 0 bridgehead atoms. The van der Waals surface area contributed by atoms with Crippen LogP contribution in [0.1, 0.15) is 5.56 Å². The summed E-state index contributed by atoms with van der Waals surface area (Å²) in [5.41, 5.74) is 4.87. The van der Waals surface area contributed by atoms with Crippen molar-refractivity contribution in [2.24, 2.45) is 4.36 Å². The number of anilines is 1. The molecule has 1 saturated heterocycles. The highest BCUT2D eigenvalue weighted by Gasteiger charge is 2.21. The number of hydrogen-bond acceptors (Lipinski definition) is 7. The molecule has 5 heterocycles. The Hall–Kier alpha value is -3.71. The lowest BCUT2D eigenvalue weighted by Gasteiger charge is -2.29. The number of aromatic nitrogens is 5. The first-order valence-corrected chi connectivity index (χ1v) is 11.7. The molecule has 1 aliphatic heterocycles. The van der Waals surface area contributed by atoms with E-state index in [0.717, 1.165) is 33.6 Å². The van der Waals surface area contributed by atoms with Crippen molar-refractivity contribution in [3.05, 3.63) is 54.7 Å². The van der Waals surface area contributed by atoms with E-state index in [0.29, 0.717) is 30.2 Å². The number of rotatable bonds is 3. The molecule has 1 N–H and O–H groups in total. The highest BCUT2D eigenvalue weighted by atomic mass is 32.2. The largest absolute Gasteiger partial charge is 0.355 e. The lowest BCUT2D eigenvalue weighted by molar-refractivity contribution is 0.664. The van der Waals surface area contributed by atoms with Gasteiger partial charge in [0.2, 0.25) is 0 Å². The van der Waals surface area contributed by atoms with E-state index in [4.69, 9.17) is 0 Å². The van der Waals surface area contributed by atoms with Gasteiger partial charge in [-0.15, -0.1) is 0 Å². The van der Waals surface area contributed by atoms with Gasteiger partial charge in [-0.3, -0.25) is 5.10 Å². The van der Waals surface area contributed by atoms with Gasteiger partial charge in [0.25, 0.3) is 0 Å². The number of fused-ring (bicyclic) bond motifs is 1. The van der Waals surface area contributed by atoms with Crippen LogP contribution in [0.3, 0.4) is 0 Å². The molecule has 0 amide bonds. The van der Waals surface area contributed by atoms with Gasteiger partial charge in [-0.2, -0.15) is 15.5 Å². The quantitative estimate of drug-likeness (QED) is 0.532. The molecule has 0 atom stereocenters. The van der Waals surface area contributed by atoms with Crippen LogP contribution in [0, 0.1) is 11.3 Å². The standard InChI is InChI=1S/C21H20N8OS/c1-23-31(30)6-4-28(5-7-31)20-3-2-15(10-24-20)19-8-16(18-11-25-26-12-18)14-29-21(19)17(9-22)13-27-29/h2-3,8,10-14H,4-7H2,1H3,(H,25,26). The van der Waals surface area contributed by atoms with Crippen LogP contribution < -0.4 is 4.90 Å². The molecule has 0 aliphatic carbocycles. The van der Waals surface area contributed by atoms with Gasteiger partial charge in [-0.1, -0.05) is 0 Å². The highest BCUT2D eigenvalue weighted by molar-refractivity contribution is 7.93. The average molecular weight is 433 g/mol. The Balaban J connectivity index is 1.54. The molecule has 4 aromatic heterocycles. The van der Waals surface area contributed by atoms with E-state index < -0.39 is 9.73 Å². The Morgan fingerprint density at radius 1 is 1.16 bits per heavy atom. The number of pyridine rings is 2. The van der Waals surface area contributed by atoms with Crippen LogP contribution >= 0.6 is 0 Å². The molecular formula is C21H20N8OS. The number of hydrogen-bond donors (Lipinski definition) is 1. The van der Waals surface area contributed by atoms with Crippen molar-refractivity contribution in [1.29, 1.82) is 5.26 Å². The van der Waals surface area contributed by atoms with Crippen LogP contribution in [0.2, 0.25) is 0 Å². The van der Waals surface area contributed by atoms with Crippen molar-refractivity contribution in [2.75, 3.05) is 36.5 Å². The fraction of sp³-hybridized carbons (Fsp3) is 0.238. The number of H-pyrrole nitrogens is 1. The highest BCUT2D eigenvalue weighted by Crippen LogP contribution is 2.32. The van der Waals surface area contributed by atoms with Crippen molar-refractivity contribution in [3.63, 3.8) is 0 Å². The lowest BCUT2D eigenvalue weighted by Crippen LogP contribution is -2.40. The molecule has 156 valence electrons. The number of nitrogens with zero attached hydrogens (tertiary/aromatic N) is 7. The normalized spacial score (nSPS) is 15.7. The Morgan fingerprint density at radius 2 is 2.00 bits per heavy atom. The maximum absolute atomic E-state index is 12.4. The van der Waals surface area contributed by atoms with Crippen LogP contribution in [0.5, 0.6) is 0 Å². The molecule has 0 radical (unpaired) electrons. The monoisotopic (exact) mass is 432 g/mol. The Kier molecular flexibility index (Phi) is 4.67. The van der Waals surface area contributed by atoms with E-state index in [1.165, 1.54) is 0 Å². The SMILES string of the molecule is CN=S1(=O)CCN(c2ccc(-c3cc(-c4cn[nH]c4)cn4ncc(C#N)c34)cn2)CC1. The van der Waals surface area contributed by atoms with Crippen LogP contribution in [-0.2, 0) is 9.73 Å². The van der Waals surface area contributed by atoms with Gasteiger partial charge in [0, 0.05) is 82.2 Å². The third-order valence-corrected chi connectivity index (χ3v) is 7.95. The van der Waals surface area contributed by atoms with E-state index in [2.05, 4.69) is 35.6 Å². The summed E-state index contributed by atoms with van der Waals surface area (Å²) in [7, 11) is -0.430. The fourth-order valence-electron chi connectivity index (χ4n) is 3.85. The van der Waals surface area contributed by atoms with Crippen LogP contribution in [0.15, 0.2) is 53.5 Å². The van der Waals surface area contributed by atoms with Gasteiger partial charge in [-0.05, 0) is 18.2 Å². The summed E-state index contributed by atoms with van der Waals surface area (Å²) in [5.74, 6) is 1.96. The molecular weight excluding hydrogens is 412 g/mol. The summed E-state index contributed by atoms with van der Waals surface area (Å²) in [6.07, 6.45) is 8.84. The second kappa shape index (κ2) is 7.52. The average Bonchev–Trinajstić information content (AvgIpc) is 3.49. The number of aromatic amines is 1. The minimum Gasteiger partial charge on any atom is -0.355 e. The van der Waals surface area contributed by atoms with Gasteiger partial charge >= 0.3 is 0 Å². The van der Waals surface area contributed by atoms with Crippen molar-refractivity contribution >= 4 is 21.1 Å². The summed E-state index contributed by atoms with van der Waals surface area (Å²) >= 11 is 0. The summed E-state index contributed by atoms with van der Waals surface area (Å²) in [6.45, 7) is 1.34. The first kappa shape index (κ1) is 19.3. The fourth-order valence-corrected chi connectivity index (χ4v) is 5.43. The molecule has 4 aromatic rings. The third-order valence-electron chi connectivity index (χ3n) is 5.64. The van der Waals surface area contributed by atoms with Crippen molar-refractivity contribution in [1.82, 2.24) is 24.8 Å². The smallest absolute Gasteiger partial charge is 0.128 e. The van der Waals surface area contributed by atoms with Crippen molar-refractivity contribution < 1.29 is 4.21 Å². The minimum absolute atomic E-state index is 0.506. The molecule has 31 heavy (non-hydrogen) atoms. The van der Waals surface area contributed by atoms with E-state index in [1.54, 1.807) is 24.0 Å². The van der Waals surface area contributed by atoms with Gasteiger partial charge < -0.3 is 4.90 Å². The van der Waals surface area contributed by atoms with E-state index in [1.807, 2.05) is 36.8 Å². The molecule has 0 spiro atoms. The van der Waals surface area contributed by atoms with Gasteiger partial charge in [0.15, 0.2) is 0 Å². The maximum atomic E-state index is 12.4. The zero-order valence-electron chi connectivity index (χ0n) is 16.9. The number of nitrogens with one attached hydrogen (secondary N) is 1. The molecule has 1 fully saturated rings. The summed E-state index contributed by atoms with van der Waals surface area (Å²) in [4.78, 5) is 6.80. The molecule has 0 saturated carbocycles.